The highest BCUT2D eigenvalue weighted by molar-refractivity contribution is 5.71. The summed E-state index contributed by atoms with van der Waals surface area (Å²) in [6.07, 6.45) is 11.2. The average molecular weight is 431 g/mol. The second-order valence-corrected chi connectivity index (χ2v) is 9.18. The lowest BCUT2D eigenvalue weighted by atomic mass is 9.76. The summed E-state index contributed by atoms with van der Waals surface area (Å²) in [5.41, 5.74) is 2.07. The first-order valence-corrected chi connectivity index (χ1v) is 11.6. The summed E-state index contributed by atoms with van der Waals surface area (Å²) in [7, 11) is 0. The summed E-state index contributed by atoms with van der Waals surface area (Å²) in [6, 6.07) is 5.56. The fourth-order valence-electron chi connectivity index (χ4n) is 5.31. The predicted octanol–water partition coefficient (Wildman–Crippen LogP) is 8.28. The van der Waals surface area contributed by atoms with Crippen LogP contribution < -0.4 is 0 Å². The van der Waals surface area contributed by atoms with Gasteiger partial charge in [0.25, 0.3) is 0 Å². The van der Waals surface area contributed by atoms with Crippen molar-refractivity contribution in [1.29, 1.82) is 0 Å². The van der Waals surface area contributed by atoms with Crippen LogP contribution in [0.3, 0.4) is 0 Å². The molecule has 0 spiro atoms. The first-order chi connectivity index (χ1) is 15.0. The Labute approximate surface area is 182 Å². The van der Waals surface area contributed by atoms with Crippen LogP contribution in [0.2, 0.25) is 0 Å². The van der Waals surface area contributed by atoms with E-state index in [1.165, 1.54) is 43.9 Å². The van der Waals surface area contributed by atoms with Crippen LogP contribution in [0.4, 0.5) is 17.6 Å². The molecule has 0 aliphatic heterocycles. The van der Waals surface area contributed by atoms with E-state index in [0.717, 1.165) is 43.2 Å². The smallest absolute Gasteiger partial charge is 0.162 e. The molecule has 2 aliphatic rings. The number of halogens is 4. The summed E-state index contributed by atoms with van der Waals surface area (Å²) >= 11 is 0. The number of rotatable bonds is 6. The maximum Gasteiger partial charge on any atom is 0.162 e. The van der Waals surface area contributed by atoms with E-state index in [1.807, 2.05) is 0 Å². The molecule has 0 aromatic heterocycles. The minimum atomic E-state index is -0.891. The van der Waals surface area contributed by atoms with Crippen molar-refractivity contribution in [2.24, 2.45) is 5.92 Å². The van der Waals surface area contributed by atoms with Gasteiger partial charge in [-0.2, -0.15) is 0 Å². The number of unbranched alkanes of at least 4 members (excludes halogenated alkanes) is 2. The van der Waals surface area contributed by atoms with Crippen LogP contribution in [0.15, 0.2) is 30.3 Å². The Morgan fingerprint density at radius 2 is 1.58 bits per heavy atom. The molecule has 0 radical (unpaired) electrons. The van der Waals surface area contributed by atoms with Crippen LogP contribution in [0.25, 0.3) is 5.57 Å². The van der Waals surface area contributed by atoms with Gasteiger partial charge >= 0.3 is 0 Å². The van der Waals surface area contributed by atoms with Gasteiger partial charge in [-0.1, -0.05) is 44.7 Å². The van der Waals surface area contributed by atoms with E-state index in [9.17, 15) is 8.78 Å². The molecule has 1 fully saturated rings. The van der Waals surface area contributed by atoms with Crippen molar-refractivity contribution in [3.05, 3.63) is 75.9 Å². The van der Waals surface area contributed by atoms with Gasteiger partial charge in [-0.05, 0) is 90.8 Å². The summed E-state index contributed by atoms with van der Waals surface area (Å²) in [5.74, 6) is -1.92. The predicted molar refractivity (Wildman–Crippen MR) is 117 cm³/mol. The Balaban J connectivity index is 1.48. The fraction of sp³-hybridized carbons (Fsp3) is 0.481. The molecule has 0 saturated heterocycles. The normalized spacial score (nSPS) is 21.0. The lowest BCUT2D eigenvalue weighted by molar-refractivity contribution is 0.302. The Kier molecular flexibility index (Phi) is 6.83. The molecule has 1 saturated carbocycles. The second kappa shape index (κ2) is 9.58. The molecule has 2 aliphatic carbocycles. The van der Waals surface area contributed by atoms with Crippen LogP contribution in [-0.4, -0.2) is 0 Å². The van der Waals surface area contributed by atoms with Crippen molar-refractivity contribution in [3.8, 4) is 0 Å². The van der Waals surface area contributed by atoms with E-state index in [0.29, 0.717) is 11.1 Å². The van der Waals surface area contributed by atoms with E-state index >= 15 is 8.78 Å². The zero-order chi connectivity index (χ0) is 22.0. The first kappa shape index (κ1) is 22.1. The second-order valence-electron chi connectivity index (χ2n) is 9.18. The number of allylic oxidation sites excluding steroid dienone is 2. The zero-order valence-corrected chi connectivity index (χ0v) is 18.1. The molecule has 2 aromatic rings. The minimum absolute atomic E-state index is 0.0348. The maximum absolute atomic E-state index is 15.0. The summed E-state index contributed by atoms with van der Waals surface area (Å²) in [6.45, 7) is 2.21. The highest BCUT2D eigenvalue weighted by atomic mass is 19.2. The standard InChI is InChI=1S/C27H30F4/c1-2-3-4-5-17-6-8-18(9-7-17)21-15-24(29)26(25(30)16-21)20-10-12-22-19(14-20)11-13-23(28)27(22)31/h10-11,13,15-18H,2-9,12,14H2,1H3. The molecule has 4 rings (SSSR count). The van der Waals surface area contributed by atoms with Gasteiger partial charge in [0.15, 0.2) is 11.6 Å². The Hall–Kier alpha value is -2.10. The van der Waals surface area contributed by atoms with E-state index in [2.05, 4.69) is 6.92 Å². The molecule has 166 valence electrons. The van der Waals surface area contributed by atoms with Gasteiger partial charge in [-0.15, -0.1) is 0 Å². The van der Waals surface area contributed by atoms with E-state index < -0.39 is 23.3 Å². The van der Waals surface area contributed by atoms with Crippen molar-refractivity contribution in [2.75, 3.05) is 0 Å². The molecular weight excluding hydrogens is 400 g/mol. The van der Waals surface area contributed by atoms with Gasteiger partial charge in [-0.25, -0.2) is 17.6 Å². The van der Waals surface area contributed by atoms with Crippen molar-refractivity contribution < 1.29 is 17.6 Å². The van der Waals surface area contributed by atoms with E-state index in [4.69, 9.17) is 0 Å². The molecule has 0 bridgehead atoms. The topological polar surface area (TPSA) is 0 Å². The van der Waals surface area contributed by atoms with Gasteiger partial charge in [0, 0.05) is 5.56 Å². The van der Waals surface area contributed by atoms with Crippen molar-refractivity contribution in [3.63, 3.8) is 0 Å². The minimum Gasteiger partial charge on any atom is -0.206 e. The Bertz CT molecular complexity index is 944. The first-order valence-electron chi connectivity index (χ1n) is 11.6. The van der Waals surface area contributed by atoms with Crippen LogP contribution >= 0.6 is 0 Å². The highest BCUT2D eigenvalue weighted by Crippen LogP contribution is 2.40. The molecule has 0 N–H and O–H groups in total. The SMILES string of the molecule is CCCCCC1CCC(c2cc(F)c(C3=CCc4c(ccc(F)c4F)C3)c(F)c2)CC1. The monoisotopic (exact) mass is 430 g/mol. The summed E-state index contributed by atoms with van der Waals surface area (Å²) in [4.78, 5) is 0. The molecule has 4 heteroatoms. The van der Waals surface area contributed by atoms with Gasteiger partial charge in [-0.3, -0.25) is 0 Å². The van der Waals surface area contributed by atoms with Crippen LogP contribution in [0, 0.1) is 29.2 Å². The number of fused-ring (bicyclic) bond motifs is 1. The quantitative estimate of drug-likeness (QED) is 0.319. The summed E-state index contributed by atoms with van der Waals surface area (Å²) in [5, 5.41) is 0. The molecular formula is C27H30F4. The molecule has 31 heavy (non-hydrogen) atoms. The lowest BCUT2D eigenvalue weighted by Crippen LogP contribution is -2.14. The maximum atomic E-state index is 15.0. The molecule has 0 heterocycles. The van der Waals surface area contributed by atoms with Gasteiger partial charge in [0.05, 0.1) is 0 Å². The van der Waals surface area contributed by atoms with Crippen molar-refractivity contribution in [1.82, 2.24) is 0 Å². The molecule has 2 aromatic carbocycles. The highest BCUT2D eigenvalue weighted by Gasteiger charge is 2.26. The molecule has 0 nitrogen and oxygen atoms in total. The number of hydrogen-bond acceptors (Lipinski definition) is 0. The molecule has 0 amide bonds. The van der Waals surface area contributed by atoms with Crippen LogP contribution in [0.1, 0.15) is 86.5 Å². The van der Waals surface area contributed by atoms with Gasteiger partial charge in [0.1, 0.15) is 11.6 Å². The Morgan fingerprint density at radius 1 is 0.871 bits per heavy atom. The third kappa shape index (κ3) is 4.73. The number of hydrogen-bond donors (Lipinski definition) is 0. The third-order valence-electron chi connectivity index (χ3n) is 7.15. The van der Waals surface area contributed by atoms with E-state index in [-0.39, 0.29) is 29.9 Å². The third-order valence-corrected chi connectivity index (χ3v) is 7.15. The van der Waals surface area contributed by atoms with Crippen LogP contribution in [-0.2, 0) is 12.8 Å². The zero-order valence-electron chi connectivity index (χ0n) is 18.1. The summed E-state index contributed by atoms with van der Waals surface area (Å²) < 4.78 is 57.5. The van der Waals surface area contributed by atoms with E-state index in [1.54, 1.807) is 6.08 Å². The molecule has 0 atom stereocenters. The number of benzene rings is 2. The fourth-order valence-corrected chi connectivity index (χ4v) is 5.31. The molecule has 0 unspecified atom stereocenters. The Morgan fingerprint density at radius 3 is 2.26 bits per heavy atom. The average Bonchev–Trinajstić information content (AvgIpc) is 2.76. The largest absolute Gasteiger partial charge is 0.206 e. The van der Waals surface area contributed by atoms with Gasteiger partial charge in [0.2, 0.25) is 0 Å². The van der Waals surface area contributed by atoms with Crippen LogP contribution in [0.5, 0.6) is 0 Å². The van der Waals surface area contributed by atoms with Gasteiger partial charge < -0.3 is 0 Å². The lowest BCUT2D eigenvalue weighted by Gasteiger charge is -2.29. The van der Waals surface area contributed by atoms with Crippen molar-refractivity contribution in [2.45, 2.75) is 77.0 Å². The van der Waals surface area contributed by atoms with Crippen molar-refractivity contribution >= 4 is 5.57 Å².